The highest BCUT2D eigenvalue weighted by atomic mass is 16.4. The molecule has 174 valence electrons. The van der Waals surface area contributed by atoms with Crippen LogP contribution in [0.15, 0.2) is 53.6 Å². The Hall–Kier alpha value is -4.14. The zero-order chi connectivity index (χ0) is 24.0. The molecule has 0 saturated heterocycles. The van der Waals surface area contributed by atoms with Crippen molar-refractivity contribution >= 4 is 23.1 Å². The van der Waals surface area contributed by atoms with Crippen LogP contribution >= 0.6 is 0 Å². The van der Waals surface area contributed by atoms with E-state index in [-0.39, 0.29) is 17.2 Å². The summed E-state index contributed by atoms with van der Waals surface area (Å²) in [7, 11) is 1.92. The highest BCUT2D eigenvalue weighted by Gasteiger charge is 2.23. The van der Waals surface area contributed by atoms with E-state index in [1.807, 2.05) is 37.8 Å². The number of aromatic nitrogens is 4. The van der Waals surface area contributed by atoms with Crippen molar-refractivity contribution in [2.45, 2.75) is 32.9 Å². The maximum absolute atomic E-state index is 13.1. The van der Waals surface area contributed by atoms with E-state index in [1.165, 1.54) is 5.56 Å². The Labute approximate surface area is 196 Å². The van der Waals surface area contributed by atoms with Gasteiger partial charge in [0.2, 0.25) is 0 Å². The topological polar surface area (TPSA) is 105 Å². The van der Waals surface area contributed by atoms with Crippen LogP contribution in [0.3, 0.4) is 0 Å². The summed E-state index contributed by atoms with van der Waals surface area (Å²) in [6, 6.07) is 10.1. The van der Waals surface area contributed by atoms with E-state index in [2.05, 4.69) is 15.3 Å². The molecule has 1 atom stereocenters. The largest absolute Gasteiger partial charge is 0.478 e. The van der Waals surface area contributed by atoms with Crippen molar-refractivity contribution in [3.8, 4) is 0 Å². The summed E-state index contributed by atoms with van der Waals surface area (Å²) < 4.78 is 3.44. The van der Waals surface area contributed by atoms with Crippen LogP contribution in [-0.4, -0.2) is 36.8 Å². The van der Waals surface area contributed by atoms with Crippen LogP contribution in [0, 0.1) is 6.92 Å². The number of aromatic carboxylic acids is 1. The van der Waals surface area contributed by atoms with E-state index in [1.54, 1.807) is 40.9 Å². The normalized spacial score (nSPS) is 14.1. The second-order valence-electron chi connectivity index (χ2n) is 8.75. The third-order valence-corrected chi connectivity index (χ3v) is 6.37. The monoisotopic (exact) mass is 458 g/mol. The maximum atomic E-state index is 13.1. The number of nitrogens with zero attached hydrogens (tertiary/aromatic N) is 5. The molecule has 34 heavy (non-hydrogen) atoms. The van der Waals surface area contributed by atoms with E-state index in [9.17, 15) is 14.7 Å². The molecule has 0 radical (unpaired) electrons. The molecule has 1 aliphatic heterocycles. The van der Waals surface area contributed by atoms with E-state index in [4.69, 9.17) is 4.98 Å². The van der Waals surface area contributed by atoms with Crippen molar-refractivity contribution < 1.29 is 9.90 Å². The van der Waals surface area contributed by atoms with Crippen molar-refractivity contribution in [2.24, 2.45) is 7.05 Å². The minimum Gasteiger partial charge on any atom is -0.478 e. The fourth-order valence-corrected chi connectivity index (χ4v) is 4.58. The van der Waals surface area contributed by atoms with Crippen molar-refractivity contribution in [1.29, 1.82) is 0 Å². The molecule has 0 bridgehead atoms. The van der Waals surface area contributed by atoms with Gasteiger partial charge in [-0.2, -0.15) is 5.10 Å². The molecular formula is C25H26N6O3. The standard InChI is InChI=1S/C25H26N6O3/c1-15-10-19(16(2)27-20-7-5-4-6-18(20)25(33)34)24-28-22(11-23(32)31(24)13-15)30-9-8-17-12-26-29(3)21(17)14-30/h4-7,10-13,16,27H,8-9,14H2,1-3H3,(H,33,34). The minimum absolute atomic E-state index is 0.154. The van der Waals surface area contributed by atoms with Crippen LogP contribution in [0.2, 0.25) is 0 Å². The van der Waals surface area contributed by atoms with Crippen LogP contribution in [0.1, 0.15) is 45.7 Å². The molecule has 1 aromatic carbocycles. The van der Waals surface area contributed by atoms with Gasteiger partial charge < -0.3 is 15.3 Å². The molecule has 0 amide bonds. The first kappa shape index (κ1) is 21.7. The van der Waals surface area contributed by atoms with Crippen LogP contribution in [-0.2, 0) is 20.0 Å². The molecule has 1 aliphatic rings. The number of benzene rings is 1. The quantitative estimate of drug-likeness (QED) is 0.473. The molecule has 0 saturated carbocycles. The van der Waals surface area contributed by atoms with Gasteiger partial charge in [-0.05, 0) is 49.6 Å². The number of anilines is 2. The lowest BCUT2D eigenvalue weighted by atomic mass is 10.1. The Balaban J connectivity index is 1.56. The molecule has 9 nitrogen and oxygen atoms in total. The molecule has 0 fully saturated rings. The first-order chi connectivity index (χ1) is 16.3. The molecular weight excluding hydrogens is 432 g/mol. The van der Waals surface area contributed by atoms with Gasteiger partial charge in [0.15, 0.2) is 0 Å². The summed E-state index contributed by atoms with van der Waals surface area (Å²) in [5.74, 6) is -0.374. The van der Waals surface area contributed by atoms with Crippen LogP contribution < -0.4 is 15.8 Å². The smallest absolute Gasteiger partial charge is 0.337 e. The van der Waals surface area contributed by atoms with Gasteiger partial charge in [-0.25, -0.2) is 9.78 Å². The predicted octanol–water partition coefficient (Wildman–Crippen LogP) is 3.17. The number of aryl methyl sites for hydroxylation is 2. The number of pyridine rings is 1. The average Bonchev–Trinajstić information content (AvgIpc) is 3.19. The summed E-state index contributed by atoms with van der Waals surface area (Å²) >= 11 is 0. The minimum atomic E-state index is -0.999. The molecule has 0 spiro atoms. The van der Waals surface area contributed by atoms with Gasteiger partial charge in [0.05, 0.1) is 30.0 Å². The van der Waals surface area contributed by atoms with Crippen molar-refractivity contribution in [3.05, 3.63) is 87.1 Å². The number of hydrogen-bond donors (Lipinski definition) is 2. The first-order valence-electron chi connectivity index (χ1n) is 11.2. The summed E-state index contributed by atoms with van der Waals surface area (Å²) in [5.41, 5.74) is 5.18. The van der Waals surface area contributed by atoms with Crippen molar-refractivity contribution in [2.75, 3.05) is 16.8 Å². The average molecular weight is 459 g/mol. The number of carboxylic acid groups (broad SMARTS) is 1. The Kier molecular flexibility index (Phi) is 5.31. The molecule has 3 aromatic heterocycles. The molecule has 0 aliphatic carbocycles. The van der Waals surface area contributed by atoms with Crippen molar-refractivity contribution in [3.63, 3.8) is 0 Å². The van der Waals surface area contributed by atoms with Crippen molar-refractivity contribution in [1.82, 2.24) is 19.2 Å². The van der Waals surface area contributed by atoms with E-state index in [0.29, 0.717) is 23.7 Å². The van der Waals surface area contributed by atoms with Gasteiger partial charge in [-0.1, -0.05) is 12.1 Å². The highest BCUT2D eigenvalue weighted by molar-refractivity contribution is 5.94. The van der Waals surface area contributed by atoms with Gasteiger partial charge in [-0.15, -0.1) is 0 Å². The zero-order valence-electron chi connectivity index (χ0n) is 19.3. The van der Waals surface area contributed by atoms with Gasteiger partial charge in [0.25, 0.3) is 5.56 Å². The summed E-state index contributed by atoms with van der Waals surface area (Å²) in [4.78, 5) is 31.8. The van der Waals surface area contributed by atoms with Crippen LogP contribution in [0.5, 0.6) is 0 Å². The number of fused-ring (bicyclic) bond motifs is 2. The Morgan fingerprint density at radius 3 is 2.82 bits per heavy atom. The highest BCUT2D eigenvalue weighted by Crippen LogP contribution is 2.27. The fraction of sp³-hybridized carbons (Fsp3) is 0.280. The predicted molar refractivity (Wildman–Crippen MR) is 130 cm³/mol. The lowest BCUT2D eigenvalue weighted by Gasteiger charge is -2.28. The fourth-order valence-electron chi connectivity index (χ4n) is 4.58. The number of hydrogen-bond acceptors (Lipinski definition) is 6. The Morgan fingerprint density at radius 2 is 2.03 bits per heavy atom. The van der Waals surface area contributed by atoms with Gasteiger partial charge >= 0.3 is 5.97 Å². The first-order valence-corrected chi connectivity index (χ1v) is 11.2. The second-order valence-corrected chi connectivity index (χ2v) is 8.75. The Morgan fingerprint density at radius 1 is 1.24 bits per heavy atom. The molecule has 5 rings (SSSR count). The van der Waals surface area contributed by atoms with E-state index in [0.717, 1.165) is 29.8 Å². The number of carbonyl (C=O) groups is 1. The lowest BCUT2D eigenvalue weighted by molar-refractivity contribution is 0.0698. The SMILES string of the molecule is Cc1cc(C(C)Nc2ccccc2C(=O)O)c2nc(N3CCc4cnn(C)c4C3)cc(=O)n2c1. The van der Waals surface area contributed by atoms with Crippen LogP contribution in [0.25, 0.3) is 5.65 Å². The molecule has 9 heteroatoms. The van der Waals surface area contributed by atoms with E-state index >= 15 is 0 Å². The molecule has 1 unspecified atom stereocenters. The van der Waals surface area contributed by atoms with E-state index < -0.39 is 5.97 Å². The number of carboxylic acids is 1. The second kappa shape index (κ2) is 8.33. The number of nitrogens with one attached hydrogen (secondary N) is 1. The molecule has 4 aromatic rings. The van der Waals surface area contributed by atoms with Gasteiger partial charge in [0, 0.05) is 37.1 Å². The summed E-state index contributed by atoms with van der Waals surface area (Å²) in [5, 5.41) is 17.2. The van der Waals surface area contributed by atoms with Gasteiger partial charge in [0.1, 0.15) is 11.5 Å². The zero-order valence-corrected chi connectivity index (χ0v) is 19.3. The molecule has 2 N–H and O–H groups in total. The third kappa shape index (κ3) is 3.79. The third-order valence-electron chi connectivity index (χ3n) is 6.37. The van der Waals surface area contributed by atoms with Crippen LogP contribution in [0.4, 0.5) is 11.5 Å². The maximum Gasteiger partial charge on any atom is 0.337 e. The van der Waals surface area contributed by atoms with Gasteiger partial charge in [-0.3, -0.25) is 13.9 Å². The number of rotatable bonds is 5. The Bertz CT molecular complexity index is 1470. The number of para-hydroxylation sites is 1. The molecule has 4 heterocycles. The summed E-state index contributed by atoms with van der Waals surface area (Å²) in [6.45, 7) is 5.25. The lowest BCUT2D eigenvalue weighted by Crippen LogP contribution is -2.33. The summed E-state index contributed by atoms with van der Waals surface area (Å²) in [6.07, 6.45) is 4.53.